The van der Waals surface area contributed by atoms with Gasteiger partial charge in [-0.3, -0.25) is 0 Å². The fourth-order valence-corrected chi connectivity index (χ4v) is 6.75. The molecule has 0 aliphatic rings. The molecule has 10 rings (SSSR count). The number of aromatic amines is 3. The van der Waals surface area contributed by atoms with E-state index >= 15 is 0 Å². The molecule has 0 radical (unpaired) electrons. The maximum absolute atomic E-state index is 12.0. The molecule has 18 heteroatoms. The second kappa shape index (κ2) is 22.4. The highest BCUT2D eigenvalue weighted by atomic mass is 79.9. The molecule has 0 spiro atoms. The number of methoxy groups -OCH3 is 1. The van der Waals surface area contributed by atoms with Crippen LogP contribution in [0.1, 0.15) is 17.5 Å². The Bertz CT molecular complexity index is 2960. The molecule has 0 unspecified atom stereocenters. The van der Waals surface area contributed by atoms with Crippen LogP contribution in [0.4, 0.5) is 16.0 Å². The minimum Gasteiger partial charge on any atom is -0.497 e. The number of nitrogens with one attached hydrogen (secondary N) is 5. The summed E-state index contributed by atoms with van der Waals surface area (Å²) in [6.07, 6.45) is 4.83. The summed E-state index contributed by atoms with van der Waals surface area (Å²) < 4.78 is 24.7. The van der Waals surface area contributed by atoms with Crippen molar-refractivity contribution in [3.63, 3.8) is 0 Å². The molecule has 0 aliphatic carbocycles. The van der Waals surface area contributed by atoms with E-state index in [1.807, 2.05) is 91.0 Å². The monoisotopic (exact) mass is 1000 g/mol. The molecule has 64 heavy (non-hydrogen) atoms. The number of benzene rings is 4. The third kappa shape index (κ3) is 13.1. The first-order valence-corrected chi connectivity index (χ1v) is 21.5. The molecule has 6 heterocycles. The van der Waals surface area contributed by atoms with Crippen LogP contribution in [0.3, 0.4) is 0 Å². The van der Waals surface area contributed by atoms with Crippen LogP contribution in [0, 0.1) is 5.95 Å². The first-order chi connectivity index (χ1) is 31.2. The average Bonchev–Trinajstić information content (AvgIpc) is 4.06. The van der Waals surface area contributed by atoms with Crippen LogP contribution in [-0.4, -0.2) is 52.0 Å². The lowest BCUT2D eigenvalue weighted by Gasteiger charge is -2.10. The molecule has 324 valence electrons. The molecule has 0 saturated heterocycles. The zero-order valence-corrected chi connectivity index (χ0v) is 38.0. The summed E-state index contributed by atoms with van der Waals surface area (Å²) in [5.74, 6) is 5.47. The lowest BCUT2D eigenvalue weighted by molar-refractivity contribution is 0.413. The molecular weight excluding hydrogens is 967 g/mol. The second-order valence-electron chi connectivity index (χ2n) is 13.4. The minimum absolute atomic E-state index is 0.459. The van der Waals surface area contributed by atoms with Gasteiger partial charge in [-0.1, -0.05) is 79.9 Å². The van der Waals surface area contributed by atoms with Crippen LogP contribution >= 0.6 is 43.5 Å². The van der Waals surface area contributed by atoms with E-state index in [1.165, 1.54) is 12.3 Å². The number of hydrogen-bond acceptors (Lipinski definition) is 11. The van der Waals surface area contributed by atoms with Crippen molar-refractivity contribution in [2.45, 2.75) is 19.6 Å². The maximum atomic E-state index is 12.0. The molecule has 4 aromatic carbocycles. The maximum Gasteiger partial charge on any atom is 0.213 e. The highest BCUT2D eigenvalue weighted by Crippen LogP contribution is 2.33. The van der Waals surface area contributed by atoms with Gasteiger partial charge in [-0.05, 0) is 72.8 Å². The fourth-order valence-electron chi connectivity index (χ4n) is 5.90. The SMILES string of the molecule is Brc1ccnc(NCc2nc3ccccc3[nH]2)c1.COc1ccc(Oc2ccnc(NCc3nc4ccccc4[nH]3)c2)c(Cl)c1.Fc1cc(Br)ccn1.NCc1nc2ccccc2[nH]1. The molecular formula is C46H40Br2ClFN12O2. The highest BCUT2D eigenvalue weighted by molar-refractivity contribution is 9.10. The van der Waals surface area contributed by atoms with Crippen molar-refractivity contribution in [3.8, 4) is 17.2 Å². The van der Waals surface area contributed by atoms with Crippen LogP contribution in [0.5, 0.6) is 17.2 Å². The van der Waals surface area contributed by atoms with Gasteiger partial charge >= 0.3 is 0 Å². The van der Waals surface area contributed by atoms with Crippen molar-refractivity contribution in [2.24, 2.45) is 5.73 Å². The van der Waals surface area contributed by atoms with Crippen molar-refractivity contribution in [1.29, 1.82) is 0 Å². The number of fused-ring (bicyclic) bond motifs is 3. The Balaban J connectivity index is 0.000000141. The Hall–Kier alpha value is -6.92. The summed E-state index contributed by atoms with van der Waals surface area (Å²) in [6, 6.07) is 39.4. The second-order valence-corrected chi connectivity index (χ2v) is 15.7. The summed E-state index contributed by atoms with van der Waals surface area (Å²) >= 11 is 12.7. The van der Waals surface area contributed by atoms with Crippen LogP contribution in [-0.2, 0) is 19.6 Å². The lowest BCUT2D eigenvalue weighted by atomic mass is 10.3. The number of halogens is 4. The van der Waals surface area contributed by atoms with Crippen LogP contribution in [0.2, 0.25) is 5.02 Å². The molecule has 0 saturated carbocycles. The normalized spacial score (nSPS) is 10.5. The summed E-state index contributed by atoms with van der Waals surface area (Å²) in [6.45, 7) is 1.61. The third-order valence-corrected chi connectivity index (χ3v) is 10.2. The van der Waals surface area contributed by atoms with Gasteiger partial charge in [0, 0.05) is 45.7 Å². The van der Waals surface area contributed by atoms with E-state index in [-0.39, 0.29) is 0 Å². The van der Waals surface area contributed by atoms with Crippen LogP contribution < -0.4 is 25.8 Å². The number of pyridine rings is 3. The average molecular weight is 1010 g/mol. The molecule has 0 amide bonds. The summed E-state index contributed by atoms with van der Waals surface area (Å²) in [4.78, 5) is 34.8. The van der Waals surface area contributed by atoms with Gasteiger partial charge < -0.3 is 40.8 Å². The van der Waals surface area contributed by atoms with E-state index in [0.29, 0.717) is 52.2 Å². The van der Waals surface area contributed by atoms with Crippen molar-refractivity contribution in [3.05, 3.63) is 183 Å². The molecule has 7 N–H and O–H groups in total. The molecule has 14 nitrogen and oxygen atoms in total. The predicted octanol–water partition coefficient (Wildman–Crippen LogP) is 11.4. The van der Waals surface area contributed by atoms with Gasteiger partial charge in [0.1, 0.15) is 46.4 Å². The van der Waals surface area contributed by atoms with E-state index in [9.17, 15) is 4.39 Å². The van der Waals surface area contributed by atoms with E-state index in [1.54, 1.807) is 49.8 Å². The zero-order valence-electron chi connectivity index (χ0n) is 34.1. The number of hydrogen-bond donors (Lipinski definition) is 6. The molecule has 0 atom stereocenters. The topological polar surface area (TPSA) is 193 Å². The van der Waals surface area contributed by atoms with E-state index in [4.69, 9.17) is 26.8 Å². The quantitative estimate of drug-likeness (QED) is 0.0714. The van der Waals surface area contributed by atoms with Gasteiger partial charge in [0.2, 0.25) is 5.95 Å². The van der Waals surface area contributed by atoms with Gasteiger partial charge in [-0.25, -0.2) is 29.9 Å². The number of para-hydroxylation sites is 6. The predicted molar refractivity (Wildman–Crippen MR) is 257 cm³/mol. The van der Waals surface area contributed by atoms with Crippen molar-refractivity contribution in [1.82, 2.24) is 44.9 Å². The standard InChI is InChI=1S/C20H17ClN4O2.C13H11BrN4.C8H9N3.C5H3BrFN/c1-26-13-6-7-18(15(21)10-13)27-14-8-9-22-19(11-14)23-12-20-24-16-4-2-3-5-17(16)25-20;14-9-5-6-15-12(7-9)16-8-13-17-10-3-1-2-4-11(10)18-13;9-5-8-10-6-3-1-2-4-7(6)11-8;6-4-1-2-8-5(7)3-4/h2-11H,12H2,1H3,(H,22,23)(H,24,25);1-7H,8H2,(H,15,16)(H,17,18);1-4H,5,9H2,(H,10,11);1-3H. The minimum atomic E-state index is -0.459. The van der Waals surface area contributed by atoms with Crippen LogP contribution in [0.25, 0.3) is 33.1 Å². The molecule has 0 fully saturated rings. The number of aromatic nitrogens is 9. The Labute approximate surface area is 388 Å². The van der Waals surface area contributed by atoms with Gasteiger partial charge in [0.05, 0.1) is 64.9 Å². The van der Waals surface area contributed by atoms with E-state index in [2.05, 4.69) is 87.3 Å². The van der Waals surface area contributed by atoms with E-state index in [0.717, 1.165) is 60.9 Å². The largest absolute Gasteiger partial charge is 0.497 e. The van der Waals surface area contributed by atoms with Gasteiger partial charge in [0.15, 0.2) is 0 Å². The highest BCUT2D eigenvalue weighted by Gasteiger charge is 2.08. The number of anilines is 2. The summed E-state index contributed by atoms with van der Waals surface area (Å²) in [5.41, 5.74) is 11.4. The van der Waals surface area contributed by atoms with Crippen molar-refractivity contribution < 1.29 is 13.9 Å². The fraction of sp³-hybridized carbons (Fsp3) is 0.0870. The Morgan fingerprint density at radius 1 is 0.594 bits per heavy atom. The number of imidazole rings is 3. The molecule has 10 aromatic rings. The number of nitrogens with two attached hydrogens (primary N) is 1. The Morgan fingerprint density at radius 3 is 1.58 bits per heavy atom. The molecule has 6 aromatic heterocycles. The molecule has 0 bridgehead atoms. The Kier molecular flexibility index (Phi) is 15.8. The van der Waals surface area contributed by atoms with Gasteiger partial charge in [-0.2, -0.15) is 4.39 Å². The van der Waals surface area contributed by atoms with Crippen molar-refractivity contribution in [2.75, 3.05) is 17.7 Å². The number of ether oxygens (including phenoxy) is 2. The molecule has 0 aliphatic heterocycles. The first kappa shape index (κ1) is 45.1. The number of rotatable bonds is 10. The van der Waals surface area contributed by atoms with Crippen LogP contribution in [0.15, 0.2) is 155 Å². The number of nitrogens with zero attached hydrogens (tertiary/aromatic N) is 6. The number of H-pyrrole nitrogens is 3. The van der Waals surface area contributed by atoms with E-state index < -0.39 is 5.95 Å². The lowest BCUT2D eigenvalue weighted by Crippen LogP contribution is -2.02. The van der Waals surface area contributed by atoms with Crippen molar-refractivity contribution >= 4 is 88.2 Å². The zero-order chi connectivity index (χ0) is 44.7. The van der Waals surface area contributed by atoms with Gasteiger partial charge in [0.25, 0.3) is 0 Å². The summed E-state index contributed by atoms with van der Waals surface area (Å²) in [7, 11) is 1.59. The first-order valence-electron chi connectivity index (χ1n) is 19.6. The summed E-state index contributed by atoms with van der Waals surface area (Å²) in [5, 5.41) is 6.95. The third-order valence-electron chi connectivity index (χ3n) is 8.89. The smallest absolute Gasteiger partial charge is 0.213 e. The van der Waals surface area contributed by atoms with Gasteiger partial charge in [-0.15, -0.1) is 0 Å². The Morgan fingerprint density at radius 2 is 1.09 bits per heavy atom.